The van der Waals surface area contributed by atoms with Crippen molar-refractivity contribution in [2.24, 2.45) is 0 Å². The summed E-state index contributed by atoms with van der Waals surface area (Å²) in [6.45, 7) is 2.22. The predicted octanol–water partition coefficient (Wildman–Crippen LogP) is 1.08. The molecule has 2 rings (SSSR count). The first-order chi connectivity index (χ1) is 7.24. The highest BCUT2D eigenvalue weighted by atomic mass is 16.2. The van der Waals surface area contributed by atoms with Gasteiger partial charge in [-0.2, -0.15) is 0 Å². The molecule has 1 aliphatic rings. The van der Waals surface area contributed by atoms with E-state index in [0.29, 0.717) is 12.6 Å². The monoisotopic (exact) mass is 205 g/mol. The van der Waals surface area contributed by atoms with Crippen LogP contribution in [0.15, 0.2) is 18.2 Å². The maximum absolute atomic E-state index is 11.4. The molecule has 2 N–H and O–H groups in total. The summed E-state index contributed by atoms with van der Waals surface area (Å²) in [6.07, 6.45) is 2.24. The Kier molecular flexibility index (Phi) is 2.85. The van der Waals surface area contributed by atoms with Gasteiger partial charge >= 0.3 is 0 Å². The summed E-state index contributed by atoms with van der Waals surface area (Å²) in [6, 6.07) is 6.13. The Morgan fingerprint density at radius 1 is 1.53 bits per heavy atom. The maximum atomic E-state index is 11.4. The SMILES string of the molecule is Cc1cccc(NCC(=O)NC2CC2)n1. The van der Waals surface area contributed by atoms with Crippen LogP contribution < -0.4 is 10.6 Å². The molecule has 1 heterocycles. The average molecular weight is 205 g/mol. The molecule has 15 heavy (non-hydrogen) atoms. The van der Waals surface area contributed by atoms with E-state index in [1.165, 1.54) is 0 Å². The summed E-state index contributed by atoms with van der Waals surface area (Å²) >= 11 is 0. The van der Waals surface area contributed by atoms with E-state index in [0.717, 1.165) is 24.4 Å². The van der Waals surface area contributed by atoms with Gasteiger partial charge in [-0.05, 0) is 31.9 Å². The van der Waals surface area contributed by atoms with Gasteiger partial charge in [-0.25, -0.2) is 4.98 Å². The smallest absolute Gasteiger partial charge is 0.239 e. The zero-order valence-electron chi connectivity index (χ0n) is 8.79. The molecule has 4 heteroatoms. The van der Waals surface area contributed by atoms with Gasteiger partial charge in [-0.15, -0.1) is 0 Å². The number of pyridine rings is 1. The lowest BCUT2D eigenvalue weighted by molar-refractivity contribution is -0.119. The van der Waals surface area contributed by atoms with Gasteiger partial charge in [0.15, 0.2) is 0 Å². The molecule has 1 aromatic rings. The van der Waals surface area contributed by atoms with Gasteiger partial charge in [0.1, 0.15) is 5.82 Å². The summed E-state index contributed by atoms with van der Waals surface area (Å²) in [5.41, 5.74) is 0.947. The van der Waals surface area contributed by atoms with Gasteiger partial charge in [0.25, 0.3) is 0 Å². The third-order valence-corrected chi connectivity index (χ3v) is 2.26. The van der Waals surface area contributed by atoms with Crippen LogP contribution in [-0.2, 0) is 4.79 Å². The summed E-state index contributed by atoms with van der Waals surface area (Å²) in [5, 5.41) is 5.90. The molecule has 0 atom stereocenters. The number of aromatic nitrogens is 1. The lowest BCUT2D eigenvalue weighted by Gasteiger charge is -2.06. The minimum absolute atomic E-state index is 0.0424. The summed E-state index contributed by atoms with van der Waals surface area (Å²) < 4.78 is 0. The second-order valence-corrected chi connectivity index (χ2v) is 3.86. The number of rotatable bonds is 4. The summed E-state index contributed by atoms with van der Waals surface area (Å²) in [5.74, 6) is 0.793. The van der Waals surface area contributed by atoms with E-state index < -0.39 is 0 Å². The van der Waals surface area contributed by atoms with Crippen molar-refractivity contribution in [3.05, 3.63) is 23.9 Å². The molecule has 0 saturated heterocycles. The standard InChI is InChI=1S/C11H15N3O/c1-8-3-2-4-10(13-8)12-7-11(15)14-9-5-6-9/h2-4,9H,5-7H2,1H3,(H,12,13)(H,14,15). The largest absolute Gasteiger partial charge is 0.361 e. The molecule has 1 saturated carbocycles. The molecule has 1 amide bonds. The molecular formula is C11H15N3O. The third kappa shape index (κ3) is 3.23. The van der Waals surface area contributed by atoms with Gasteiger partial charge in [0, 0.05) is 11.7 Å². The molecule has 4 nitrogen and oxygen atoms in total. The lowest BCUT2D eigenvalue weighted by Crippen LogP contribution is -2.31. The van der Waals surface area contributed by atoms with Crippen molar-refractivity contribution in [1.82, 2.24) is 10.3 Å². The highest BCUT2D eigenvalue weighted by Gasteiger charge is 2.22. The predicted molar refractivity (Wildman–Crippen MR) is 58.6 cm³/mol. The van der Waals surface area contributed by atoms with Crippen LogP contribution in [0.4, 0.5) is 5.82 Å². The molecular weight excluding hydrogens is 190 g/mol. The highest BCUT2D eigenvalue weighted by Crippen LogP contribution is 2.18. The van der Waals surface area contributed by atoms with Crippen LogP contribution >= 0.6 is 0 Å². The van der Waals surface area contributed by atoms with Gasteiger partial charge in [0.2, 0.25) is 5.91 Å². The van der Waals surface area contributed by atoms with E-state index in [-0.39, 0.29) is 5.91 Å². The van der Waals surface area contributed by atoms with Crippen LogP contribution in [0.1, 0.15) is 18.5 Å². The second kappa shape index (κ2) is 4.29. The van der Waals surface area contributed by atoms with E-state index in [9.17, 15) is 4.79 Å². The zero-order valence-corrected chi connectivity index (χ0v) is 8.79. The first-order valence-electron chi connectivity index (χ1n) is 5.21. The van der Waals surface area contributed by atoms with Crippen LogP contribution in [0.3, 0.4) is 0 Å². The number of carbonyl (C=O) groups is 1. The van der Waals surface area contributed by atoms with Crippen molar-refractivity contribution in [3.8, 4) is 0 Å². The van der Waals surface area contributed by atoms with Crippen molar-refractivity contribution in [3.63, 3.8) is 0 Å². The van der Waals surface area contributed by atoms with Crippen molar-refractivity contribution in [2.75, 3.05) is 11.9 Å². The third-order valence-electron chi connectivity index (χ3n) is 2.26. The molecule has 0 aliphatic heterocycles. The Bertz CT molecular complexity index is 361. The zero-order chi connectivity index (χ0) is 10.7. The van der Waals surface area contributed by atoms with Crippen LogP contribution in [0.5, 0.6) is 0 Å². The highest BCUT2D eigenvalue weighted by molar-refractivity contribution is 5.80. The minimum atomic E-state index is 0.0424. The van der Waals surface area contributed by atoms with Crippen molar-refractivity contribution < 1.29 is 4.79 Å². The molecule has 0 bridgehead atoms. The van der Waals surface area contributed by atoms with E-state index >= 15 is 0 Å². The maximum Gasteiger partial charge on any atom is 0.239 e. The minimum Gasteiger partial charge on any atom is -0.361 e. The molecule has 80 valence electrons. The number of hydrogen-bond acceptors (Lipinski definition) is 3. The Balaban J connectivity index is 1.78. The van der Waals surface area contributed by atoms with E-state index in [1.54, 1.807) is 0 Å². The first-order valence-corrected chi connectivity index (χ1v) is 5.21. The van der Waals surface area contributed by atoms with Crippen molar-refractivity contribution >= 4 is 11.7 Å². The average Bonchev–Trinajstić information content (AvgIpc) is 2.99. The van der Waals surface area contributed by atoms with Crippen LogP contribution in [-0.4, -0.2) is 23.5 Å². The number of nitrogens with zero attached hydrogens (tertiary/aromatic N) is 1. The Morgan fingerprint density at radius 3 is 3.00 bits per heavy atom. The number of anilines is 1. The molecule has 1 fully saturated rings. The molecule has 1 aliphatic carbocycles. The normalized spacial score (nSPS) is 14.7. The van der Waals surface area contributed by atoms with Gasteiger partial charge < -0.3 is 10.6 Å². The molecule has 0 aromatic carbocycles. The number of hydrogen-bond donors (Lipinski definition) is 2. The number of nitrogens with one attached hydrogen (secondary N) is 2. The van der Waals surface area contributed by atoms with E-state index in [4.69, 9.17) is 0 Å². The number of amides is 1. The Labute approximate surface area is 89.1 Å². The molecule has 0 unspecified atom stereocenters. The van der Waals surface area contributed by atoms with Gasteiger partial charge in [-0.1, -0.05) is 6.07 Å². The first kappa shape index (κ1) is 9.96. The fraction of sp³-hybridized carbons (Fsp3) is 0.455. The summed E-state index contributed by atoms with van der Waals surface area (Å²) in [4.78, 5) is 15.6. The molecule has 0 spiro atoms. The molecule has 0 radical (unpaired) electrons. The fourth-order valence-electron chi connectivity index (χ4n) is 1.32. The fourth-order valence-corrected chi connectivity index (χ4v) is 1.32. The van der Waals surface area contributed by atoms with Crippen molar-refractivity contribution in [2.45, 2.75) is 25.8 Å². The van der Waals surface area contributed by atoms with Crippen LogP contribution in [0.25, 0.3) is 0 Å². The van der Waals surface area contributed by atoms with E-state index in [2.05, 4.69) is 15.6 Å². The van der Waals surface area contributed by atoms with Crippen LogP contribution in [0, 0.1) is 6.92 Å². The number of carbonyl (C=O) groups excluding carboxylic acids is 1. The van der Waals surface area contributed by atoms with Gasteiger partial charge in [-0.3, -0.25) is 4.79 Å². The topological polar surface area (TPSA) is 54.0 Å². The Hall–Kier alpha value is -1.58. The summed E-state index contributed by atoms with van der Waals surface area (Å²) in [7, 11) is 0. The lowest BCUT2D eigenvalue weighted by atomic mass is 10.4. The van der Waals surface area contributed by atoms with E-state index in [1.807, 2.05) is 25.1 Å². The van der Waals surface area contributed by atoms with Gasteiger partial charge in [0.05, 0.1) is 6.54 Å². The second-order valence-electron chi connectivity index (χ2n) is 3.86. The van der Waals surface area contributed by atoms with Crippen molar-refractivity contribution in [1.29, 1.82) is 0 Å². The quantitative estimate of drug-likeness (QED) is 0.773. The molecule has 1 aromatic heterocycles. The number of aryl methyl sites for hydroxylation is 1. The Morgan fingerprint density at radius 2 is 2.33 bits per heavy atom. The van der Waals surface area contributed by atoms with Crippen LogP contribution in [0.2, 0.25) is 0 Å².